The maximum Gasteiger partial charge on any atom is 0.271 e. The van der Waals surface area contributed by atoms with Crippen LogP contribution < -0.4 is 20.5 Å². The van der Waals surface area contributed by atoms with Crippen LogP contribution in [0.1, 0.15) is 40.1 Å². The lowest BCUT2D eigenvalue weighted by atomic mass is 9.99. The molecule has 3 aromatic carbocycles. The van der Waals surface area contributed by atoms with E-state index in [0.717, 1.165) is 16.9 Å². The summed E-state index contributed by atoms with van der Waals surface area (Å²) in [6.07, 6.45) is -0.338. The fraction of sp³-hybridized carbons (Fsp3) is 0.294. The van der Waals surface area contributed by atoms with E-state index in [1.54, 1.807) is 71.8 Å². The van der Waals surface area contributed by atoms with E-state index in [2.05, 4.69) is 14.9 Å². The molecule has 0 radical (unpaired) electrons. The van der Waals surface area contributed by atoms with Gasteiger partial charge in [0.15, 0.2) is 0 Å². The van der Waals surface area contributed by atoms with Gasteiger partial charge in [0.25, 0.3) is 21.8 Å². The molecule has 11 nitrogen and oxygen atoms in total. The molecule has 0 unspecified atom stereocenters. The van der Waals surface area contributed by atoms with Gasteiger partial charge in [-0.15, -0.1) is 11.3 Å². The summed E-state index contributed by atoms with van der Waals surface area (Å²) in [5.74, 6) is -0.367. The second-order valence-electron chi connectivity index (χ2n) is 11.8. The fourth-order valence-electron chi connectivity index (χ4n) is 5.38. The van der Waals surface area contributed by atoms with Gasteiger partial charge >= 0.3 is 0 Å². The molecule has 4 aromatic rings. The van der Waals surface area contributed by atoms with E-state index in [1.807, 2.05) is 26.1 Å². The molecule has 0 spiro atoms. The number of amides is 2. The molecule has 248 valence electrons. The first-order chi connectivity index (χ1) is 22.4. The first kappa shape index (κ1) is 33.9. The number of ether oxygens (including phenoxy) is 1. The van der Waals surface area contributed by atoms with Crippen molar-refractivity contribution < 1.29 is 27.9 Å². The van der Waals surface area contributed by atoms with Crippen LogP contribution in [0.5, 0.6) is 5.75 Å². The second kappa shape index (κ2) is 14.6. The summed E-state index contributed by atoms with van der Waals surface area (Å²) in [4.78, 5) is 30.2. The highest BCUT2D eigenvalue weighted by Crippen LogP contribution is 2.32. The van der Waals surface area contributed by atoms with Gasteiger partial charge in [0.05, 0.1) is 29.6 Å². The number of nitrogens with two attached hydrogens (primary N) is 1. The fourth-order valence-corrected chi connectivity index (χ4v) is 7.42. The number of carbonyl (C=O) groups is 2. The number of anilines is 3. The monoisotopic (exact) mass is 677 g/mol. The predicted molar refractivity (Wildman–Crippen MR) is 184 cm³/mol. The zero-order valence-corrected chi connectivity index (χ0v) is 28.1. The van der Waals surface area contributed by atoms with Crippen molar-refractivity contribution in [3.63, 3.8) is 0 Å². The molecule has 0 saturated heterocycles. The first-order valence-corrected chi connectivity index (χ1v) is 17.5. The number of hydrogen-bond acceptors (Lipinski definition) is 9. The van der Waals surface area contributed by atoms with Gasteiger partial charge in [0.2, 0.25) is 0 Å². The van der Waals surface area contributed by atoms with Crippen LogP contribution in [0.3, 0.4) is 0 Å². The molecule has 0 saturated carbocycles. The Morgan fingerprint density at radius 1 is 1.13 bits per heavy atom. The number of aliphatic hydroxyl groups is 1. The number of rotatable bonds is 11. The van der Waals surface area contributed by atoms with Crippen molar-refractivity contribution in [1.29, 1.82) is 0 Å². The van der Waals surface area contributed by atoms with Gasteiger partial charge in [-0.05, 0) is 73.4 Å². The quantitative estimate of drug-likeness (QED) is 0.166. The zero-order valence-electron chi connectivity index (χ0n) is 26.4. The average Bonchev–Trinajstić information content (AvgIpc) is 3.61. The van der Waals surface area contributed by atoms with Crippen molar-refractivity contribution in [2.45, 2.75) is 36.7 Å². The molecule has 2 heterocycles. The van der Waals surface area contributed by atoms with Crippen molar-refractivity contribution >= 4 is 50.2 Å². The Kier molecular flexibility index (Phi) is 10.5. The summed E-state index contributed by atoms with van der Waals surface area (Å²) in [6, 6.07) is 21.8. The maximum absolute atomic E-state index is 13.8. The molecule has 5 N–H and O–H groups in total. The molecule has 3 atom stereocenters. The van der Waals surface area contributed by atoms with Crippen LogP contribution in [-0.4, -0.2) is 74.0 Å². The van der Waals surface area contributed by atoms with E-state index in [-0.39, 0.29) is 45.9 Å². The Hall–Kier alpha value is -4.43. The Morgan fingerprint density at radius 3 is 2.55 bits per heavy atom. The second-order valence-corrected chi connectivity index (χ2v) is 14.7. The molecule has 0 bridgehead atoms. The lowest BCUT2D eigenvalue weighted by molar-refractivity contribution is 0.0341. The highest BCUT2D eigenvalue weighted by Gasteiger charge is 2.34. The van der Waals surface area contributed by atoms with Crippen molar-refractivity contribution in [1.82, 2.24) is 9.80 Å². The number of nitrogens with zero attached hydrogens (tertiary/aromatic N) is 2. The molecule has 0 aliphatic carbocycles. The number of hydrogen-bond donors (Lipinski definition) is 4. The Morgan fingerprint density at radius 2 is 1.87 bits per heavy atom. The molecule has 47 heavy (non-hydrogen) atoms. The maximum atomic E-state index is 13.8. The van der Waals surface area contributed by atoms with E-state index in [0.29, 0.717) is 42.3 Å². The standard InChI is InChI=1S/C34H39N5O6S2/c1-22-18-39(23(2)21-40)34(42)27-17-26(37-47(43,44)32-9-6-16-46-32)14-15-30(27)45-31(22)20-38(3)19-24-10-12-25(13-11-24)33(41)36-29-8-5-4-7-28(29)35/h4-17,22-23,31,37,40H,18-21,35H2,1-3H3,(H,36,41)/t22-,23+,31+/m0/s1. The average molecular weight is 678 g/mol. The number of para-hydroxylation sites is 2. The minimum atomic E-state index is -3.82. The van der Waals surface area contributed by atoms with Crippen molar-refractivity contribution in [3.8, 4) is 5.75 Å². The van der Waals surface area contributed by atoms with Crippen LogP contribution >= 0.6 is 11.3 Å². The van der Waals surface area contributed by atoms with Gasteiger partial charge in [-0.3, -0.25) is 19.2 Å². The number of likely N-dealkylation sites (N-methyl/N-ethyl adjacent to an activating group) is 1. The normalized spacial score (nSPS) is 17.3. The van der Waals surface area contributed by atoms with Crippen molar-refractivity contribution in [2.24, 2.45) is 5.92 Å². The van der Waals surface area contributed by atoms with Gasteiger partial charge in [0.1, 0.15) is 16.1 Å². The van der Waals surface area contributed by atoms with Crippen LogP contribution in [0.15, 0.2) is 88.5 Å². The summed E-state index contributed by atoms with van der Waals surface area (Å²) in [5, 5.41) is 14.5. The van der Waals surface area contributed by atoms with Crippen LogP contribution in [0.4, 0.5) is 17.1 Å². The third-order valence-corrected chi connectivity index (χ3v) is 10.8. The smallest absolute Gasteiger partial charge is 0.271 e. The highest BCUT2D eigenvalue weighted by atomic mass is 32.2. The minimum Gasteiger partial charge on any atom is -0.488 e. The molecular weight excluding hydrogens is 639 g/mol. The van der Waals surface area contributed by atoms with E-state index < -0.39 is 16.1 Å². The zero-order chi connectivity index (χ0) is 33.7. The van der Waals surface area contributed by atoms with Crippen molar-refractivity contribution in [3.05, 3.63) is 101 Å². The molecule has 1 aromatic heterocycles. The molecule has 0 fully saturated rings. The molecule has 13 heteroatoms. The van der Waals surface area contributed by atoms with Gasteiger partial charge in [-0.2, -0.15) is 0 Å². The predicted octanol–water partition coefficient (Wildman–Crippen LogP) is 4.74. The molecule has 1 aliphatic rings. The van der Waals surface area contributed by atoms with E-state index in [9.17, 15) is 23.1 Å². The Labute approximate surface area is 279 Å². The molecular formula is C34H39N5O6S2. The molecule has 2 amide bonds. The number of carbonyl (C=O) groups excluding carboxylic acids is 2. The summed E-state index contributed by atoms with van der Waals surface area (Å²) in [7, 11) is -1.86. The summed E-state index contributed by atoms with van der Waals surface area (Å²) in [5.41, 5.74) is 8.95. The van der Waals surface area contributed by atoms with E-state index in [4.69, 9.17) is 10.5 Å². The lowest BCUT2D eigenvalue weighted by Gasteiger charge is -2.38. The van der Waals surface area contributed by atoms with Gasteiger partial charge < -0.3 is 25.8 Å². The summed E-state index contributed by atoms with van der Waals surface area (Å²) < 4.78 is 34.9. The number of fused-ring (bicyclic) bond motifs is 1. The van der Waals surface area contributed by atoms with Gasteiger partial charge in [-0.1, -0.05) is 37.3 Å². The summed E-state index contributed by atoms with van der Waals surface area (Å²) >= 11 is 1.10. The van der Waals surface area contributed by atoms with E-state index >= 15 is 0 Å². The Balaban J connectivity index is 1.31. The Bertz CT molecular complexity index is 1810. The van der Waals surface area contributed by atoms with Crippen LogP contribution in [0.2, 0.25) is 0 Å². The third-order valence-electron chi connectivity index (χ3n) is 8.05. The first-order valence-electron chi connectivity index (χ1n) is 15.2. The van der Waals surface area contributed by atoms with Gasteiger partial charge in [0, 0.05) is 36.8 Å². The third kappa shape index (κ3) is 8.11. The SMILES string of the molecule is C[C@H](CO)N1C[C@H](C)[C@@H](CN(C)Cc2ccc(C(=O)Nc3ccccc3N)cc2)Oc2ccc(NS(=O)(=O)c3cccs3)cc2C1=O. The van der Waals surface area contributed by atoms with Crippen LogP contribution in [-0.2, 0) is 16.6 Å². The summed E-state index contributed by atoms with van der Waals surface area (Å²) in [6.45, 7) is 4.97. The van der Waals surface area contributed by atoms with E-state index in [1.165, 1.54) is 12.1 Å². The number of nitrogens with one attached hydrogen (secondary N) is 2. The largest absolute Gasteiger partial charge is 0.488 e. The number of nitrogen functional groups attached to an aromatic ring is 1. The number of aliphatic hydroxyl groups excluding tert-OH is 1. The number of benzene rings is 3. The topological polar surface area (TPSA) is 154 Å². The van der Waals surface area contributed by atoms with Gasteiger partial charge in [-0.25, -0.2) is 8.42 Å². The number of thiophene rings is 1. The highest BCUT2D eigenvalue weighted by molar-refractivity contribution is 7.94. The number of sulfonamides is 1. The van der Waals surface area contributed by atoms with Crippen LogP contribution in [0.25, 0.3) is 0 Å². The minimum absolute atomic E-state index is 0.1000. The molecule has 5 rings (SSSR count). The van der Waals surface area contributed by atoms with Crippen molar-refractivity contribution in [2.75, 3.05) is 42.5 Å². The van der Waals surface area contributed by atoms with Crippen LogP contribution in [0, 0.1) is 5.92 Å². The lowest BCUT2D eigenvalue weighted by Crippen LogP contribution is -2.49. The molecule has 1 aliphatic heterocycles.